The largest absolute Gasteiger partial charge is 0.363 e. The third-order valence-electron chi connectivity index (χ3n) is 3.59. The van der Waals surface area contributed by atoms with E-state index in [1.807, 2.05) is 84.9 Å². The molecule has 0 heterocycles. The topological polar surface area (TPSA) is 20.2 Å². The molecule has 2 heteroatoms. The predicted molar refractivity (Wildman–Crippen MR) is 105 cm³/mol. The molecule has 3 aromatic rings. The van der Waals surface area contributed by atoms with Gasteiger partial charge in [-0.1, -0.05) is 76.3 Å². The first-order valence-electron chi connectivity index (χ1n) is 7.81. The fraction of sp³-hybridized carbons (Fsp3) is 0.0435. The second-order valence-corrected chi connectivity index (χ2v) is 6.37. The molecular weight excluding hydrogens is 372 g/mol. The first-order chi connectivity index (χ1) is 12.2. The highest BCUT2D eigenvalue weighted by Gasteiger charge is 2.24. The molecule has 0 atom stereocenters. The van der Waals surface area contributed by atoms with Crippen LogP contribution in [0.2, 0.25) is 0 Å². The number of halogens is 1. The number of hydrogen-bond donors (Lipinski definition) is 1. The monoisotopic (exact) mass is 386 g/mol. The Bertz CT molecular complexity index is 896. The Morgan fingerprint density at radius 1 is 0.640 bits per heavy atom. The van der Waals surface area contributed by atoms with Crippen molar-refractivity contribution in [3.05, 3.63) is 106 Å². The van der Waals surface area contributed by atoms with E-state index < -0.39 is 5.60 Å². The molecule has 0 aliphatic carbocycles. The van der Waals surface area contributed by atoms with Crippen molar-refractivity contribution in [2.75, 3.05) is 0 Å². The van der Waals surface area contributed by atoms with Crippen molar-refractivity contribution < 1.29 is 5.11 Å². The predicted octanol–water partition coefficient (Wildman–Crippen LogP) is 4.74. The highest BCUT2D eigenvalue weighted by Crippen LogP contribution is 2.22. The molecule has 0 aliphatic rings. The molecule has 0 spiro atoms. The van der Waals surface area contributed by atoms with E-state index in [4.69, 9.17) is 0 Å². The van der Waals surface area contributed by atoms with Gasteiger partial charge in [-0.3, -0.25) is 0 Å². The van der Waals surface area contributed by atoms with Crippen molar-refractivity contribution in [2.24, 2.45) is 0 Å². The molecule has 0 bridgehead atoms. The van der Waals surface area contributed by atoms with E-state index in [0.717, 1.165) is 15.6 Å². The zero-order chi connectivity index (χ0) is 17.5. The van der Waals surface area contributed by atoms with Crippen LogP contribution in [0.15, 0.2) is 89.4 Å². The molecule has 0 aromatic heterocycles. The Balaban J connectivity index is 2.04. The summed E-state index contributed by atoms with van der Waals surface area (Å²) >= 11 is 3.41. The standard InChI is InChI=1S/C23H15BrO/c24-22-13-11-21(12-14-22)23(25,17-15-19-7-3-1-4-8-19)18-16-20-9-5-2-6-10-20/h1-14,25H. The molecule has 0 saturated carbocycles. The van der Waals surface area contributed by atoms with Crippen molar-refractivity contribution in [3.8, 4) is 23.7 Å². The Hall–Kier alpha value is -2.78. The molecule has 0 unspecified atom stereocenters. The maximum atomic E-state index is 11.1. The van der Waals surface area contributed by atoms with Crippen LogP contribution in [-0.2, 0) is 5.60 Å². The van der Waals surface area contributed by atoms with Crippen molar-refractivity contribution in [1.29, 1.82) is 0 Å². The van der Waals surface area contributed by atoms with Crippen LogP contribution in [-0.4, -0.2) is 5.11 Å². The van der Waals surface area contributed by atoms with Gasteiger partial charge in [-0.2, -0.15) is 0 Å². The Morgan fingerprint density at radius 2 is 1.08 bits per heavy atom. The summed E-state index contributed by atoms with van der Waals surface area (Å²) in [7, 11) is 0. The maximum Gasteiger partial charge on any atom is 0.214 e. The van der Waals surface area contributed by atoms with Crippen molar-refractivity contribution in [2.45, 2.75) is 5.60 Å². The first kappa shape index (κ1) is 17.1. The molecule has 3 rings (SSSR count). The van der Waals surface area contributed by atoms with Crippen LogP contribution in [0.5, 0.6) is 0 Å². The molecule has 1 N–H and O–H groups in total. The van der Waals surface area contributed by atoms with Crippen LogP contribution in [0.1, 0.15) is 16.7 Å². The summed E-state index contributed by atoms with van der Waals surface area (Å²) in [6, 6.07) is 26.5. The van der Waals surface area contributed by atoms with Gasteiger partial charge in [0.15, 0.2) is 0 Å². The average molecular weight is 387 g/mol. The molecule has 0 radical (unpaired) electrons. The molecule has 0 aliphatic heterocycles. The van der Waals surface area contributed by atoms with Gasteiger partial charge in [-0.05, 0) is 48.2 Å². The fourth-order valence-electron chi connectivity index (χ4n) is 2.23. The van der Waals surface area contributed by atoms with Crippen molar-refractivity contribution >= 4 is 15.9 Å². The minimum Gasteiger partial charge on any atom is -0.363 e. The van der Waals surface area contributed by atoms with E-state index in [2.05, 4.69) is 39.6 Å². The van der Waals surface area contributed by atoms with Gasteiger partial charge in [-0.25, -0.2) is 0 Å². The lowest BCUT2D eigenvalue weighted by atomic mass is 9.94. The lowest BCUT2D eigenvalue weighted by Gasteiger charge is -2.16. The van der Waals surface area contributed by atoms with Gasteiger partial charge in [0.1, 0.15) is 0 Å². The van der Waals surface area contributed by atoms with Gasteiger partial charge in [0.05, 0.1) is 0 Å². The second kappa shape index (κ2) is 7.86. The van der Waals surface area contributed by atoms with E-state index in [1.165, 1.54) is 0 Å². The smallest absolute Gasteiger partial charge is 0.214 e. The Morgan fingerprint density at radius 3 is 1.52 bits per heavy atom. The molecule has 0 amide bonds. The van der Waals surface area contributed by atoms with Gasteiger partial charge in [0.2, 0.25) is 5.60 Å². The molecule has 120 valence electrons. The Labute approximate surface area is 156 Å². The minimum atomic E-state index is -1.55. The lowest BCUT2D eigenvalue weighted by Crippen LogP contribution is -2.21. The van der Waals surface area contributed by atoms with Gasteiger partial charge < -0.3 is 5.11 Å². The Kier molecular flexibility index (Phi) is 5.36. The van der Waals surface area contributed by atoms with E-state index in [9.17, 15) is 5.11 Å². The van der Waals surface area contributed by atoms with Crippen LogP contribution in [0, 0.1) is 23.7 Å². The SMILES string of the molecule is OC(C#Cc1ccccc1)(C#Cc1ccccc1)c1ccc(Br)cc1. The normalized spacial score (nSPS) is 10.2. The average Bonchev–Trinajstić information content (AvgIpc) is 2.67. The van der Waals surface area contributed by atoms with Gasteiger partial charge in [0.25, 0.3) is 0 Å². The molecule has 1 nitrogen and oxygen atoms in total. The zero-order valence-corrected chi connectivity index (χ0v) is 15.0. The van der Waals surface area contributed by atoms with Crippen LogP contribution in [0.3, 0.4) is 0 Å². The van der Waals surface area contributed by atoms with Crippen LogP contribution < -0.4 is 0 Å². The molecular formula is C23H15BrO. The second-order valence-electron chi connectivity index (χ2n) is 5.45. The van der Waals surface area contributed by atoms with Crippen LogP contribution in [0.25, 0.3) is 0 Å². The number of aliphatic hydroxyl groups is 1. The van der Waals surface area contributed by atoms with E-state index >= 15 is 0 Å². The molecule has 0 saturated heterocycles. The summed E-state index contributed by atoms with van der Waals surface area (Å²) in [4.78, 5) is 0. The summed E-state index contributed by atoms with van der Waals surface area (Å²) in [5.74, 6) is 11.9. The number of hydrogen-bond acceptors (Lipinski definition) is 1. The quantitative estimate of drug-likeness (QED) is 0.598. The minimum absolute atomic E-state index is 0.641. The third kappa shape index (κ3) is 4.61. The summed E-state index contributed by atoms with van der Waals surface area (Å²) < 4.78 is 0.936. The van der Waals surface area contributed by atoms with E-state index in [-0.39, 0.29) is 0 Å². The highest BCUT2D eigenvalue weighted by molar-refractivity contribution is 9.10. The maximum absolute atomic E-state index is 11.1. The van der Waals surface area contributed by atoms with E-state index in [1.54, 1.807) is 0 Å². The third-order valence-corrected chi connectivity index (χ3v) is 4.11. The fourth-order valence-corrected chi connectivity index (χ4v) is 2.50. The van der Waals surface area contributed by atoms with E-state index in [0.29, 0.717) is 5.56 Å². The number of benzene rings is 3. The zero-order valence-electron chi connectivity index (χ0n) is 13.4. The highest BCUT2D eigenvalue weighted by atomic mass is 79.9. The first-order valence-corrected chi connectivity index (χ1v) is 8.60. The summed E-state index contributed by atoms with van der Waals surface area (Å²) in [5.41, 5.74) is 0.758. The van der Waals surface area contributed by atoms with Gasteiger partial charge >= 0.3 is 0 Å². The summed E-state index contributed by atoms with van der Waals surface area (Å²) in [6.45, 7) is 0. The summed E-state index contributed by atoms with van der Waals surface area (Å²) in [6.07, 6.45) is 0. The molecule has 25 heavy (non-hydrogen) atoms. The lowest BCUT2D eigenvalue weighted by molar-refractivity contribution is 0.164. The number of rotatable bonds is 1. The van der Waals surface area contributed by atoms with Crippen molar-refractivity contribution in [1.82, 2.24) is 0 Å². The van der Waals surface area contributed by atoms with Crippen LogP contribution >= 0.6 is 15.9 Å². The van der Waals surface area contributed by atoms with Gasteiger partial charge in [-0.15, -0.1) is 0 Å². The molecule has 0 fully saturated rings. The summed E-state index contributed by atoms with van der Waals surface area (Å²) in [5, 5.41) is 11.1. The molecule has 3 aromatic carbocycles. The van der Waals surface area contributed by atoms with Gasteiger partial charge in [0, 0.05) is 21.2 Å². The van der Waals surface area contributed by atoms with Crippen LogP contribution in [0.4, 0.5) is 0 Å². The van der Waals surface area contributed by atoms with Crippen molar-refractivity contribution in [3.63, 3.8) is 0 Å².